The van der Waals surface area contributed by atoms with Crippen LogP contribution in [0.5, 0.6) is 0 Å². The van der Waals surface area contributed by atoms with Crippen molar-refractivity contribution >= 4 is 27.8 Å². The predicted molar refractivity (Wildman–Crippen MR) is 92.8 cm³/mol. The maximum absolute atomic E-state index is 14.3. The second-order valence-electron chi connectivity index (χ2n) is 5.53. The van der Waals surface area contributed by atoms with Crippen LogP contribution >= 0.6 is 11.3 Å². The Labute approximate surface area is 145 Å². The van der Waals surface area contributed by atoms with Gasteiger partial charge in [0.25, 0.3) is 0 Å². The summed E-state index contributed by atoms with van der Waals surface area (Å²) < 4.78 is 43.5. The number of nitrogens with one attached hydrogen (secondary N) is 1. The van der Waals surface area contributed by atoms with Crippen LogP contribution in [0.2, 0.25) is 0 Å². The van der Waals surface area contributed by atoms with E-state index < -0.39 is 11.6 Å². The lowest BCUT2D eigenvalue weighted by Gasteiger charge is -2.10. The van der Waals surface area contributed by atoms with Crippen molar-refractivity contribution in [2.75, 3.05) is 5.32 Å². The largest absolute Gasteiger partial charge is 0.339 e. The first kappa shape index (κ1) is 15.7. The molecular formula is C18H12F3N3S. The van der Waals surface area contributed by atoms with Crippen molar-refractivity contribution in [2.24, 2.45) is 0 Å². The molecule has 1 N–H and O–H groups in total. The SMILES string of the molecule is Cc1csc2nc(-c3c(F)cccc3F)c(Nc3ccc(F)cc3)n12. The number of benzene rings is 2. The van der Waals surface area contributed by atoms with Crippen molar-refractivity contribution in [1.29, 1.82) is 0 Å². The molecule has 2 heterocycles. The lowest BCUT2D eigenvalue weighted by Crippen LogP contribution is -1.99. The summed E-state index contributed by atoms with van der Waals surface area (Å²) in [5.74, 6) is -1.31. The molecule has 0 amide bonds. The van der Waals surface area contributed by atoms with E-state index >= 15 is 0 Å². The van der Waals surface area contributed by atoms with Crippen LogP contribution in [0.25, 0.3) is 16.2 Å². The van der Waals surface area contributed by atoms with E-state index in [2.05, 4.69) is 10.3 Å². The zero-order chi connectivity index (χ0) is 17.6. The van der Waals surface area contributed by atoms with Crippen LogP contribution in [-0.4, -0.2) is 9.38 Å². The highest BCUT2D eigenvalue weighted by molar-refractivity contribution is 7.15. The second kappa shape index (κ2) is 5.93. The highest BCUT2D eigenvalue weighted by atomic mass is 32.1. The molecule has 126 valence electrons. The highest BCUT2D eigenvalue weighted by Gasteiger charge is 2.22. The number of thiazole rings is 1. The molecule has 0 aliphatic heterocycles. The third-order valence-electron chi connectivity index (χ3n) is 3.84. The van der Waals surface area contributed by atoms with Crippen LogP contribution < -0.4 is 5.32 Å². The monoisotopic (exact) mass is 359 g/mol. The molecule has 0 fully saturated rings. The number of fused-ring (bicyclic) bond motifs is 1. The third-order valence-corrected chi connectivity index (χ3v) is 4.78. The molecule has 0 spiro atoms. The third kappa shape index (κ3) is 2.66. The first-order chi connectivity index (χ1) is 12.0. The van der Waals surface area contributed by atoms with Gasteiger partial charge >= 0.3 is 0 Å². The van der Waals surface area contributed by atoms with E-state index in [0.29, 0.717) is 16.5 Å². The van der Waals surface area contributed by atoms with Gasteiger partial charge in [0, 0.05) is 16.8 Å². The molecule has 0 aliphatic carbocycles. The summed E-state index contributed by atoms with van der Waals surface area (Å²) in [6.45, 7) is 1.88. The van der Waals surface area contributed by atoms with E-state index in [-0.39, 0.29) is 17.1 Å². The van der Waals surface area contributed by atoms with Crippen LogP contribution in [-0.2, 0) is 0 Å². The summed E-state index contributed by atoms with van der Waals surface area (Å²) in [6.07, 6.45) is 0. The molecule has 0 radical (unpaired) electrons. The van der Waals surface area contributed by atoms with Crippen molar-refractivity contribution < 1.29 is 13.2 Å². The van der Waals surface area contributed by atoms with Gasteiger partial charge in [-0.05, 0) is 43.3 Å². The lowest BCUT2D eigenvalue weighted by molar-refractivity contribution is 0.589. The molecule has 25 heavy (non-hydrogen) atoms. The molecule has 0 bridgehead atoms. The van der Waals surface area contributed by atoms with Gasteiger partial charge in [0.1, 0.15) is 29.0 Å². The molecule has 7 heteroatoms. The standard InChI is InChI=1S/C18H12F3N3S/c1-10-9-25-18-23-16(15-13(20)3-2-4-14(15)21)17(24(10)18)22-12-7-5-11(19)6-8-12/h2-9,22H,1H3. The van der Waals surface area contributed by atoms with Gasteiger partial charge in [-0.15, -0.1) is 11.3 Å². The minimum atomic E-state index is -0.689. The summed E-state index contributed by atoms with van der Waals surface area (Å²) in [5, 5.41) is 5.01. The summed E-state index contributed by atoms with van der Waals surface area (Å²) >= 11 is 1.38. The Hall–Kier alpha value is -2.80. The first-order valence-electron chi connectivity index (χ1n) is 7.48. The number of halogens is 3. The van der Waals surface area contributed by atoms with E-state index in [1.165, 1.54) is 41.7 Å². The Morgan fingerprint density at radius 3 is 2.36 bits per heavy atom. The number of hydrogen-bond donors (Lipinski definition) is 1. The fourth-order valence-electron chi connectivity index (χ4n) is 2.68. The van der Waals surface area contributed by atoms with E-state index in [4.69, 9.17) is 0 Å². The summed E-state index contributed by atoms with van der Waals surface area (Å²) in [6, 6.07) is 9.43. The predicted octanol–water partition coefficient (Wildman–Crippen LogP) is 5.53. The molecule has 2 aromatic carbocycles. The second-order valence-corrected chi connectivity index (χ2v) is 6.37. The van der Waals surface area contributed by atoms with Crippen molar-refractivity contribution in [1.82, 2.24) is 9.38 Å². The van der Waals surface area contributed by atoms with Crippen LogP contribution in [0.3, 0.4) is 0 Å². The van der Waals surface area contributed by atoms with Gasteiger partial charge < -0.3 is 5.32 Å². The van der Waals surface area contributed by atoms with Crippen molar-refractivity contribution in [2.45, 2.75) is 6.92 Å². The van der Waals surface area contributed by atoms with E-state index in [0.717, 1.165) is 5.69 Å². The molecule has 0 aliphatic rings. The lowest BCUT2D eigenvalue weighted by atomic mass is 10.1. The fourth-order valence-corrected chi connectivity index (χ4v) is 3.55. The highest BCUT2D eigenvalue weighted by Crippen LogP contribution is 2.36. The fraction of sp³-hybridized carbons (Fsp3) is 0.0556. The first-order valence-corrected chi connectivity index (χ1v) is 8.36. The van der Waals surface area contributed by atoms with Gasteiger partial charge in [-0.3, -0.25) is 4.40 Å². The number of aryl methyl sites for hydroxylation is 1. The van der Waals surface area contributed by atoms with Crippen LogP contribution in [0.1, 0.15) is 5.69 Å². The minimum Gasteiger partial charge on any atom is -0.339 e. The molecule has 0 saturated carbocycles. The number of rotatable bonds is 3. The molecule has 3 nitrogen and oxygen atoms in total. The normalized spacial score (nSPS) is 11.2. The Balaban J connectivity index is 1.94. The Morgan fingerprint density at radius 1 is 1.00 bits per heavy atom. The van der Waals surface area contributed by atoms with E-state index in [1.807, 2.05) is 12.3 Å². The van der Waals surface area contributed by atoms with Crippen LogP contribution in [0.4, 0.5) is 24.7 Å². The summed E-state index contributed by atoms with van der Waals surface area (Å²) in [7, 11) is 0. The Kier molecular flexibility index (Phi) is 3.73. The number of nitrogens with zero attached hydrogens (tertiary/aromatic N) is 2. The summed E-state index contributed by atoms with van der Waals surface area (Å²) in [4.78, 5) is 5.01. The number of hydrogen-bond acceptors (Lipinski definition) is 3. The maximum Gasteiger partial charge on any atom is 0.196 e. The molecule has 4 rings (SSSR count). The smallest absolute Gasteiger partial charge is 0.196 e. The Morgan fingerprint density at radius 2 is 1.68 bits per heavy atom. The van der Waals surface area contributed by atoms with Gasteiger partial charge in [0.05, 0.1) is 5.56 Å². The zero-order valence-corrected chi connectivity index (χ0v) is 13.9. The Bertz CT molecular complexity index is 1050. The molecule has 4 aromatic rings. The number of imidazole rings is 1. The average molecular weight is 359 g/mol. The molecule has 0 unspecified atom stereocenters. The van der Waals surface area contributed by atoms with Gasteiger partial charge in [0.2, 0.25) is 0 Å². The van der Waals surface area contributed by atoms with Gasteiger partial charge in [-0.25, -0.2) is 18.2 Å². The van der Waals surface area contributed by atoms with E-state index in [1.54, 1.807) is 16.5 Å². The number of aromatic nitrogens is 2. The summed E-state index contributed by atoms with van der Waals surface area (Å²) in [5.41, 5.74) is 1.45. The van der Waals surface area contributed by atoms with E-state index in [9.17, 15) is 13.2 Å². The quantitative estimate of drug-likeness (QED) is 0.521. The molecule has 0 atom stereocenters. The molecular weight excluding hydrogens is 347 g/mol. The van der Waals surface area contributed by atoms with Gasteiger partial charge in [-0.1, -0.05) is 6.07 Å². The topological polar surface area (TPSA) is 29.3 Å². The van der Waals surface area contributed by atoms with Gasteiger partial charge in [-0.2, -0.15) is 0 Å². The maximum atomic E-state index is 14.3. The number of anilines is 2. The minimum absolute atomic E-state index is 0.176. The van der Waals surface area contributed by atoms with Crippen molar-refractivity contribution in [3.8, 4) is 11.3 Å². The van der Waals surface area contributed by atoms with Gasteiger partial charge in [0.15, 0.2) is 4.96 Å². The molecule has 2 aromatic heterocycles. The van der Waals surface area contributed by atoms with Crippen LogP contribution in [0, 0.1) is 24.4 Å². The van der Waals surface area contributed by atoms with Crippen molar-refractivity contribution in [3.05, 3.63) is 71.0 Å². The zero-order valence-electron chi connectivity index (χ0n) is 13.1. The van der Waals surface area contributed by atoms with Crippen molar-refractivity contribution in [3.63, 3.8) is 0 Å². The average Bonchev–Trinajstić information content (AvgIpc) is 3.11. The molecule has 0 saturated heterocycles. The van der Waals surface area contributed by atoms with Crippen LogP contribution in [0.15, 0.2) is 47.8 Å².